The van der Waals surface area contributed by atoms with Crippen LogP contribution < -0.4 is 0 Å². The highest BCUT2D eigenvalue weighted by atomic mass is 19.4. The standard InChI is InChI=1S/C21H29N5O3.C2HF3O2/c1-15-16(12-29-23-15)11-25-9-7-21(13-25)19-17(24(2)14-22-19)6-8-26(21)20(27)18-5-3-4-10-28-18;3-2(4,5)1(6)7/h12,14,18H,3-11,13H2,1-2H3;(H,6,7). The van der Waals surface area contributed by atoms with E-state index in [9.17, 15) is 18.0 Å². The van der Waals surface area contributed by atoms with Crippen LogP contribution in [0.5, 0.6) is 0 Å². The second-order valence-corrected chi connectivity index (χ2v) is 9.47. The van der Waals surface area contributed by atoms with Crippen LogP contribution in [-0.2, 0) is 39.9 Å². The molecule has 1 spiro atoms. The summed E-state index contributed by atoms with van der Waals surface area (Å²) in [5.74, 6) is -2.61. The number of aryl methyl sites for hydroxylation is 2. The zero-order chi connectivity index (χ0) is 26.1. The van der Waals surface area contributed by atoms with E-state index in [2.05, 4.69) is 26.6 Å². The number of hydrogen-bond donors (Lipinski definition) is 1. The van der Waals surface area contributed by atoms with Crippen molar-refractivity contribution in [2.45, 2.75) is 63.4 Å². The molecule has 2 fully saturated rings. The third-order valence-corrected chi connectivity index (χ3v) is 7.12. The van der Waals surface area contributed by atoms with E-state index in [-0.39, 0.29) is 17.6 Å². The molecule has 13 heteroatoms. The Morgan fingerprint density at radius 2 is 2.03 bits per heavy atom. The van der Waals surface area contributed by atoms with Gasteiger partial charge in [0.05, 0.1) is 17.7 Å². The molecule has 0 saturated carbocycles. The molecule has 1 amide bonds. The van der Waals surface area contributed by atoms with E-state index in [1.165, 1.54) is 5.69 Å². The van der Waals surface area contributed by atoms with Crippen LogP contribution in [0.4, 0.5) is 13.2 Å². The molecule has 2 saturated heterocycles. The van der Waals surface area contributed by atoms with Crippen molar-refractivity contribution in [2.75, 3.05) is 26.2 Å². The molecule has 0 aromatic carbocycles. The van der Waals surface area contributed by atoms with Crippen LogP contribution in [0.3, 0.4) is 0 Å². The molecule has 0 bridgehead atoms. The number of nitrogens with zero attached hydrogens (tertiary/aromatic N) is 5. The number of carbonyl (C=O) groups is 2. The largest absolute Gasteiger partial charge is 0.490 e. The molecule has 1 N–H and O–H groups in total. The fraction of sp³-hybridized carbons (Fsp3) is 0.652. The van der Waals surface area contributed by atoms with Gasteiger partial charge in [-0.25, -0.2) is 9.78 Å². The lowest BCUT2D eigenvalue weighted by Gasteiger charge is -2.45. The average molecular weight is 514 g/mol. The van der Waals surface area contributed by atoms with Gasteiger partial charge < -0.3 is 23.8 Å². The summed E-state index contributed by atoms with van der Waals surface area (Å²) in [4.78, 5) is 31.7. The van der Waals surface area contributed by atoms with Gasteiger partial charge in [0, 0.05) is 57.5 Å². The van der Waals surface area contributed by atoms with Crippen LogP contribution in [0.15, 0.2) is 17.1 Å². The summed E-state index contributed by atoms with van der Waals surface area (Å²) in [7, 11) is 2.05. The second kappa shape index (κ2) is 10.2. The predicted octanol–water partition coefficient (Wildman–Crippen LogP) is 2.40. The van der Waals surface area contributed by atoms with Gasteiger partial charge in [0.25, 0.3) is 5.91 Å². The van der Waals surface area contributed by atoms with E-state index in [1.807, 2.05) is 13.3 Å². The number of likely N-dealkylation sites (tertiary alicyclic amines) is 1. The third kappa shape index (κ3) is 5.12. The SMILES string of the molecule is Cc1nocc1CN1CCC2(C1)c1ncn(C)c1CCN2C(=O)C1CCCCO1.O=C(O)C(F)(F)F. The normalized spacial score (nSPS) is 24.4. The van der Waals surface area contributed by atoms with E-state index in [1.54, 1.807) is 6.26 Å². The minimum absolute atomic E-state index is 0.143. The van der Waals surface area contributed by atoms with Crippen LogP contribution in [0.2, 0.25) is 0 Å². The quantitative estimate of drug-likeness (QED) is 0.666. The summed E-state index contributed by atoms with van der Waals surface area (Å²) < 4.78 is 44.8. The number of amides is 1. The van der Waals surface area contributed by atoms with Crippen molar-refractivity contribution in [1.82, 2.24) is 24.5 Å². The monoisotopic (exact) mass is 513 g/mol. The summed E-state index contributed by atoms with van der Waals surface area (Å²) >= 11 is 0. The molecule has 0 aliphatic carbocycles. The fourth-order valence-electron chi connectivity index (χ4n) is 5.25. The van der Waals surface area contributed by atoms with Gasteiger partial charge >= 0.3 is 12.1 Å². The van der Waals surface area contributed by atoms with Crippen molar-refractivity contribution in [1.29, 1.82) is 0 Å². The summed E-state index contributed by atoms with van der Waals surface area (Å²) in [6, 6.07) is 0. The number of aromatic nitrogens is 3. The number of carboxylic acid groups (broad SMARTS) is 1. The maximum atomic E-state index is 13.5. The number of carbonyl (C=O) groups excluding carboxylic acids is 1. The van der Waals surface area contributed by atoms with Crippen molar-refractivity contribution < 1.29 is 37.1 Å². The number of halogens is 3. The first kappa shape index (κ1) is 26.1. The average Bonchev–Trinajstić information content (AvgIpc) is 3.55. The minimum Gasteiger partial charge on any atom is -0.475 e. The first-order valence-electron chi connectivity index (χ1n) is 11.9. The molecule has 10 nitrogen and oxygen atoms in total. The van der Waals surface area contributed by atoms with Crippen molar-refractivity contribution in [3.63, 3.8) is 0 Å². The zero-order valence-electron chi connectivity index (χ0n) is 20.3. The number of aliphatic carboxylic acids is 1. The molecule has 0 radical (unpaired) electrons. The molecule has 3 aliphatic rings. The Hall–Kier alpha value is -2.93. The van der Waals surface area contributed by atoms with E-state index in [0.717, 1.165) is 75.2 Å². The molecule has 2 aromatic heterocycles. The van der Waals surface area contributed by atoms with E-state index in [4.69, 9.17) is 24.1 Å². The van der Waals surface area contributed by atoms with Crippen molar-refractivity contribution in [3.05, 3.63) is 35.2 Å². The molecule has 198 valence electrons. The van der Waals surface area contributed by atoms with Crippen molar-refractivity contribution >= 4 is 11.9 Å². The van der Waals surface area contributed by atoms with Gasteiger partial charge in [-0.15, -0.1) is 0 Å². The highest BCUT2D eigenvalue weighted by molar-refractivity contribution is 5.82. The lowest BCUT2D eigenvalue weighted by atomic mass is 9.85. The lowest BCUT2D eigenvalue weighted by molar-refractivity contribution is -0.192. The first-order valence-corrected chi connectivity index (χ1v) is 11.9. The molecular formula is C23H30F3N5O5. The number of imidazole rings is 1. The number of alkyl halides is 3. The minimum atomic E-state index is -5.08. The lowest BCUT2D eigenvalue weighted by Crippen LogP contribution is -2.58. The van der Waals surface area contributed by atoms with Gasteiger partial charge in [-0.1, -0.05) is 5.16 Å². The topological polar surface area (TPSA) is 114 Å². The Kier molecular flexibility index (Phi) is 7.41. The molecule has 2 unspecified atom stereocenters. The van der Waals surface area contributed by atoms with Crippen LogP contribution in [0.1, 0.15) is 48.3 Å². The van der Waals surface area contributed by atoms with Crippen LogP contribution in [0, 0.1) is 6.92 Å². The van der Waals surface area contributed by atoms with E-state index < -0.39 is 12.1 Å². The van der Waals surface area contributed by atoms with Gasteiger partial charge in [-0.2, -0.15) is 13.2 Å². The smallest absolute Gasteiger partial charge is 0.475 e. The highest BCUT2D eigenvalue weighted by Gasteiger charge is 2.52. The van der Waals surface area contributed by atoms with E-state index >= 15 is 0 Å². The predicted molar refractivity (Wildman–Crippen MR) is 119 cm³/mol. The number of carboxylic acids is 1. The number of fused-ring (bicyclic) bond motifs is 2. The van der Waals surface area contributed by atoms with Crippen LogP contribution in [-0.4, -0.2) is 80.0 Å². The maximum absolute atomic E-state index is 13.5. The molecule has 5 rings (SSSR count). The Morgan fingerprint density at radius 3 is 2.64 bits per heavy atom. The van der Waals surface area contributed by atoms with Crippen molar-refractivity contribution in [3.8, 4) is 0 Å². The van der Waals surface area contributed by atoms with E-state index in [0.29, 0.717) is 6.61 Å². The molecular weight excluding hydrogens is 483 g/mol. The molecule has 3 aliphatic heterocycles. The Bertz CT molecular complexity index is 1090. The van der Waals surface area contributed by atoms with Gasteiger partial charge in [-0.05, 0) is 32.6 Å². The van der Waals surface area contributed by atoms with Gasteiger partial charge in [-0.3, -0.25) is 9.69 Å². The second-order valence-electron chi connectivity index (χ2n) is 9.47. The van der Waals surface area contributed by atoms with Gasteiger partial charge in [0.2, 0.25) is 0 Å². The Labute approximate surface area is 206 Å². The van der Waals surface area contributed by atoms with Gasteiger partial charge in [0.1, 0.15) is 17.9 Å². The number of hydrogen-bond acceptors (Lipinski definition) is 7. The number of rotatable bonds is 3. The summed E-state index contributed by atoms with van der Waals surface area (Å²) in [6.45, 7) is 5.85. The summed E-state index contributed by atoms with van der Waals surface area (Å²) in [5.41, 5.74) is 3.98. The summed E-state index contributed by atoms with van der Waals surface area (Å²) in [5, 5.41) is 11.1. The number of ether oxygens (including phenoxy) is 1. The summed E-state index contributed by atoms with van der Waals surface area (Å²) in [6.07, 6.45) is 2.90. The molecule has 5 heterocycles. The first-order chi connectivity index (χ1) is 17.0. The maximum Gasteiger partial charge on any atom is 0.490 e. The molecule has 36 heavy (non-hydrogen) atoms. The Morgan fingerprint density at radius 1 is 1.28 bits per heavy atom. The Balaban J connectivity index is 0.000000384. The molecule has 2 aromatic rings. The van der Waals surface area contributed by atoms with Crippen molar-refractivity contribution in [2.24, 2.45) is 7.05 Å². The zero-order valence-corrected chi connectivity index (χ0v) is 20.3. The highest BCUT2D eigenvalue weighted by Crippen LogP contribution is 2.43. The van der Waals surface area contributed by atoms with Crippen LogP contribution >= 0.6 is 0 Å². The van der Waals surface area contributed by atoms with Gasteiger partial charge in [0.15, 0.2) is 0 Å². The fourth-order valence-corrected chi connectivity index (χ4v) is 5.25. The third-order valence-electron chi connectivity index (χ3n) is 7.12. The molecule has 2 atom stereocenters. The van der Waals surface area contributed by atoms with Crippen LogP contribution in [0.25, 0.3) is 0 Å².